The smallest absolute Gasteiger partial charge is 0.137 e. The van der Waals surface area contributed by atoms with E-state index in [9.17, 15) is 0 Å². The third kappa shape index (κ3) is 1.81. The van der Waals surface area contributed by atoms with Crippen LogP contribution in [-0.2, 0) is 6.42 Å². The first-order valence-corrected chi connectivity index (χ1v) is 2.89. The highest BCUT2D eigenvalue weighted by Crippen LogP contribution is 1.89. The molecule has 0 fully saturated rings. The maximum atomic E-state index is 5.50. The molecule has 0 radical (unpaired) electrons. The van der Waals surface area contributed by atoms with Crippen LogP contribution in [0.1, 0.15) is 12.7 Å². The standard InChI is InChI=1S/C5H10N4/c1-4(6)2-5-7-3-8-9-5/h3-4H,2,6H2,1H3,(H,7,8,9)/t4-/m1/s1. The molecule has 0 saturated heterocycles. The zero-order valence-corrected chi connectivity index (χ0v) is 5.33. The largest absolute Gasteiger partial charge is 0.328 e. The maximum Gasteiger partial charge on any atom is 0.137 e. The van der Waals surface area contributed by atoms with Crippen LogP contribution in [-0.4, -0.2) is 21.2 Å². The Hall–Kier alpha value is -0.900. The minimum atomic E-state index is 0.151. The summed E-state index contributed by atoms with van der Waals surface area (Å²) in [6, 6.07) is 0.151. The van der Waals surface area contributed by atoms with Gasteiger partial charge in [-0.3, -0.25) is 5.10 Å². The molecule has 50 valence electrons. The van der Waals surface area contributed by atoms with Crippen molar-refractivity contribution < 1.29 is 0 Å². The van der Waals surface area contributed by atoms with E-state index in [0.29, 0.717) is 0 Å². The Labute approximate surface area is 53.5 Å². The molecule has 1 aromatic rings. The van der Waals surface area contributed by atoms with Crippen molar-refractivity contribution >= 4 is 0 Å². The lowest BCUT2D eigenvalue weighted by atomic mass is 10.2. The van der Waals surface area contributed by atoms with E-state index < -0.39 is 0 Å². The average molecular weight is 126 g/mol. The van der Waals surface area contributed by atoms with Crippen LogP contribution in [0, 0.1) is 0 Å². The van der Waals surface area contributed by atoms with Crippen LogP contribution < -0.4 is 5.73 Å². The molecule has 0 bridgehead atoms. The molecule has 0 aromatic carbocycles. The second-order valence-corrected chi connectivity index (χ2v) is 2.11. The van der Waals surface area contributed by atoms with Crippen molar-refractivity contribution in [2.45, 2.75) is 19.4 Å². The molecule has 1 aromatic heterocycles. The quantitative estimate of drug-likeness (QED) is 0.571. The molecule has 0 spiro atoms. The van der Waals surface area contributed by atoms with Gasteiger partial charge in [0, 0.05) is 12.5 Å². The van der Waals surface area contributed by atoms with E-state index in [0.717, 1.165) is 12.2 Å². The molecule has 1 heterocycles. The van der Waals surface area contributed by atoms with Gasteiger partial charge in [0.15, 0.2) is 0 Å². The van der Waals surface area contributed by atoms with E-state index in [-0.39, 0.29) is 6.04 Å². The molecule has 0 saturated carbocycles. The molecule has 1 atom stereocenters. The highest BCUT2D eigenvalue weighted by atomic mass is 15.2. The van der Waals surface area contributed by atoms with Gasteiger partial charge in [0.1, 0.15) is 12.2 Å². The summed E-state index contributed by atoms with van der Waals surface area (Å²) in [5.41, 5.74) is 5.50. The molecule has 0 amide bonds. The van der Waals surface area contributed by atoms with Crippen molar-refractivity contribution in [3.8, 4) is 0 Å². The summed E-state index contributed by atoms with van der Waals surface area (Å²) in [5, 5.41) is 6.41. The summed E-state index contributed by atoms with van der Waals surface area (Å²) in [5.74, 6) is 0.852. The van der Waals surface area contributed by atoms with Gasteiger partial charge >= 0.3 is 0 Å². The fraction of sp³-hybridized carbons (Fsp3) is 0.600. The van der Waals surface area contributed by atoms with Gasteiger partial charge < -0.3 is 5.73 Å². The maximum absolute atomic E-state index is 5.50. The van der Waals surface area contributed by atoms with Crippen molar-refractivity contribution in [1.82, 2.24) is 15.2 Å². The molecule has 0 aliphatic carbocycles. The fourth-order valence-electron chi connectivity index (χ4n) is 0.634. The predicted octanol–water partition coefficient (Wildman–Crippen LogP) is -0.306. The Morgan fingerprint density at radius 2 is 2.67 bits per heavy atom. The number of nitrogens with zero attached hydrogens (tertiary/aromatic N) is 2. The van der Waals surface area contributed by atoms with Gasteiger partial charge in [-0.15, -0.1) is 0 Å². The molecule has 0 aliphatic heterocycles. The topological polar surface area (TPSA) is 67.6 Å². The number of hydrogen-bond donors (Lipinski definition) is 2. The summed E-state index contributed by atoms with van der Waals surface area (Å²) in [6.07, 6.45) is 2.25. The van der Waals surface area contributed by atoms with Crippen LogP contribution in [0.3, 0.4) is 0 Å². The predicted molar refractivity (Wildman–Crippen MR) is 33.7 cm³/mol. The van der Waals surface area contributed by atoms with Gasteiger partial charge in [0.05, 0.1) is 0 Å². The van der Waals surface area contributed by atoms with Gasteiger partial charge in [0.2, 0.25) is 0 Å². The summed E-state index contributed by atoms with van der Waals surface area (Å²) in [6.45, 7) is 1.93. The van der Waals surface area contributed by atoms with Crippen molar-refractivity contribution in [1.29, 1.82) is 0 Å². The number of aromatic amines is 1. The fourth-order valence-corrected chi connectivity index (χ4v) is 0.634. The van der Waals surface area contributed by atoms with Crippen molar-refractivity contribution in [3.05, 3.63) is 12.2 Å². The second kappa shape index (κ2) is 2.59. The Morgan fingerprint density at radius 1 is 1.89 bits per heavy atom. The molecular formula is C5H10N4. The zero-order valence-electron chi connectivity index (χ0n) is 5.33. The minimum absolute atomic E-state index is 0.151. The summed E-state index contributed by atoms with van der Waals surface area (Å²) in [4.78, 5) is 3.91. The van der Waals surface area contributed by atoms with Crippen LogP contribution in [0.25, 0.3) is 0 Å². The minimum Gasteiger partial charge on any atom is -0.328 e. The first-order valence-electron chi connectivity index (χ1n) is 2.89. The zero-order chi connectivity index (χ0) is 6.69. The number of H-pyrrole nitrogens is 1. The lowest BCUT2D eigenvalue weighted by Gasteiger charge is -1.97. The molecule has 4 heteroatoms. The molecule has 9 heavy (non-hydrogen) atoms. The van der Waals surface area contributed by atoms with E-state index in [4.69, 9.17) is 5.73 Å². The van der Waals surface area contributed by atoms with Crippen LogP contribution in [0.15, 0.2) is 6.33 Å². The van der Waals surface area contributed by atoms with Gasteiger partial charge in [-0.05, 0) is 6.92 Å². The highest BCUT2D eigenvalue weighted by molar-refractivity contribution is 4.82. The first kappa shape index (κ1) is 6.22. The Bertz CT molecular complexity index is 155. The van der Waals surface area contributed by atoms with E-state index >= 15 is 0 Å². The van der Waals surface area contributed by atoms with Crippen LogP contribution >= 0.6 is 0 Å². The normalized spacial score (nSPS) is 13.6. The Kier molecular flexibility index (Phi) is 1.79. The van der Waals surface area contributed by atoms with Crippen LogP contribution in [0.2, 0.25) is 0 Å². The summed E-state index contributed by atoms with van der Waals surface area (Å²) >= 11 is 0. The number of nitrogens with one attached hydrogen (secondary N) is 1. The molecule has 1 rings (SSSR count). The summed E-state index contributed by atoms with van der Waals surface area (Å²) in [7, 11) is 0. The number of aromatic nitrogens is 3. The van der Waals surface area contributed by atoms with Crippen LogP contribution in [0.4, 0.5) is 0 Å². The van der Waals surface area contributed by atoms with E-state index in [2.05, 4.69) is 15.2 Å². The van der Waals surface area contributed by atoms with E-state index in [1.165, 1.54) is 6.33 Å². The van der Waals surface area contributed by atoms with Crippen molar-refractivity contribution in [3.63, 3.8) is 0 Å². The molecular weight excluding hydrogens is 116 g/mol. The van der Waals surface area contributed by atoms with Gasteiger partial charge in [-0.2, -0.15) is 5.10 Å². The lowest BCUT2D eigenvalue weighted by Crippen LogP contribution is -2.18. The molecule has 0 unspecified atom stereocenters. The van der Waals surface area contributed by atoms with Crippen molar-refractivity contribution in [2.24, 2.45) is 5.73 Å². The Balaban J connectivity index is 2.48. The van der Waals surface area contributed by atoms with Gasteiger partial charge in [-0.25, -0.2) is 4.98 Å². The molecule has 3 N–H and O–H groups in total. The monoisotopic (exact) mass is 126 g/mol. The summed E-state index contributed by atoms with van der Waals surface area (Å²) < 4.78 is 0. The number of nitrogens with two attached hydrogens (primary N) is 1. The second-order valence-electron chi connectivity index (χ2n) is 2.11. The first-order chi connectivity index (χ1) is 4.29. The third-order valence-electron chi connectivity index (χ3n) is 0.980. The van der Waals surface area contributed by atoms with Crippen molar-refractivity contribution in [2.75, 3.05) is 0 Å². The number of hydrogen-bond acceptors (Lipinski definition) is 3. The van der Waals surface area contributed by atoms with Crippen LogP contribution in [0.5, 0.6) is 0 Å². The molecule has 4 nitrogen and oxygen atoms in total. The average Bonchev–Trinajstić information content (AvgIpc) is 2.15. The highest BCUT2D eigenvalue weighted by Gasteiger charge is 1.97. The van der Waals surface area contributed by atoms with Gasteiger partial charge in [-0.1, -0.05) is 0 Å². The van der Waals surface area contributed by atoms with E-state index in [1.54, 1.807) is 0 Å². The Morgan fingerprint density at radius 3 is 3.11 bits per heavy atom. The van der Waals surface area contributed by atoms with E-state index in [1.807, 2.05) is 6.92 Å². The molecule has 0 aliphatic rings. The number of rotatable bonds is 2. The lowest BCUT2D eigenvalue weighted by molar-refractivity contribution is 0.705. The SMILES string of the molecule is C[C@@H](N)Cc1ncn[nH]1. The third-order valence-corrected chi connectivity index (χ3v) is 0.980. The van der Waals surface area contributed by atoms with Gasteiger partial charge in [0.25, 0.3) is 0 Å².